The summed E-state index contributed by atoms with van der Waals surface area (Å²) in [5.74, 6) is 0. The zero-order valence-corrected chi connectivity index (χ0v) is 12.4. The normalized spacial score (nSPS) is 12.3. The number of hydrogen-bond acceptors (Lipinski definition) is 3. The first-order chi connectivity index (χ1) is 9.16. The zero-order chi connectivity index (χ0) is 14.3. The highest BCUT2D eigenvalue weighted by atomic mass is 16.6. The van der Waals surface area contributed by atoms with Crippen LogP contribution in [0.2, 0.25) is 0 Å². The number of carbonyl (C=O) groups is 1. The quantitative estimate of drug-likeness (QED) is 0.502. The maximum Gasteiger partial charge on any atom is 0.404 e. The Labute approximate surface area is 117 Å². The molecule has 1 amide bonds. The van der Waals surface area contributed by atoms with Crippen molar-refractivity contribution in [1.82, 2.24) is 0 Å². The molecule has 3 N–H and O–H groups in total. The van der Waals surface area contributed by atoms with Crippen molar-refractivity contribution in [2.75, 3.05) is 6.61 Å². The number of amides is 1. The van der Waals surface area contributed by atoms with E-state index in [9.17, 15) is 9.90 Å². The number of unbranched alkanes of at least 4 members (excludes halogenated alkanes) is 9. The summed E-state index contributed by atoms with van der Waals surface area (Å²) in [5, 5.41) is 9.49. The fraction of sp³-hybridized carbons (Fsp3) is 0.933. The molecule has 114 valence electrons. The Morgan fingerprint density at radius 1 is 1.00 bits per heavy atom. The largest absolute Gasteiger partial charge is 0.447 e. The number of rotatable bonds is 13. The van der Waals surface area contributed by atoms with Crippen LogP contribution in [0.5, 0.6) is 0 Å². The Hall–Kier alpha value is -0.770. The van der Waals surface area contributed by atoms with Gasteiger partial charge in [-0.1, -0.05) is 71.1 Å². The van der Waals surface area contributed by atoms with E-state index < -0.39 is 12.2 Å². The highest BCUT2D eigenvalue weighted by Gasteiger charge is 2.05. The third-order valence-electron chi connectivity index (χ3n) is 3.31. The summed E-state index contributed by atoms with van der Waals surface area (Å²) in [6, 6.07) is 0. The standard InChI is InChI=1S/C15H31NO3/c1-2-3-4-5-6-7-8-9-10-11-12-14(17)13-19-15(16)18/h14,17H,2-13H2,1H3,(H2,16,18). The van der Waals surface area contributed by atoms with E-state index in [1.165, 1.54) is 51.4 Å². The molecule has 0 aliphatic rings. The minimum Gasteiger partial charge on any atom is -0.447 e. The van der Waals surface area contributed by atoms with Crippen LogP contribution in [0.3, 0.4) is 0 Å². The van der Waals surface area contributed by atoms with Gasteiger partial charge < -0.3 is 15.6 Å². The molecular formula is C15H31NO3. The fourth-order valence-electron chi connectivity index (χ4n) is 2.13. The number of aliphatic hydroxyl groups excluding tert-OH is 1. The molecule has 4 heteroatoms. The van der Waals surface area contributed by atoms with Gasteiger partial charge in [0.25, 0.3) is 0 Å². The van der Waals surface area contributed by atoms with Crippen LogP contribution in [0.4, 0.5) is 4.79 Å². The van der Waals surface area contributed by atoms with Gasteiger partial charge in [0.15, 0.2) is 0 Å². The molecule has 1 unspecified atom stereocenters. The summed E-state index contributed by atoms with van der Waals surface area (Å²) in [6.07, 6.45) is 12.1. The average molecular weight is 273 g/mol. The molecule has 0 saturated carbocycles. The van der Waals surface area contributed by atoms with Crippen molar-refractivity contribution in [2.45, 2.75) is 83.7 Å². The topological polar surface area (TPSA) is 72.6 Å². The second kappa shape index (κ2) is 13.7. The SMILES string of the molecule is CCCCCCCCCCCCC(O)COC(N)=O. The summed E-state index contributed by atoms with van der Waals surface area (Å²) in [5.41, 5.74) is 4.82. The molecule has 0 bridgehead atoms. The monoisotopic (exact) mass is 273 g/mol. The summed E-state index contributed by atoms with van der Waals surface area (Å²) in [4.78, 5) is 10.3. The molecule has 19 heavy (non-hydrogen) atoms. The van der Waals surface area contributed by atoms with E-state index in [0.29, 0.717) is 6.42 Å². The van der Waals surface area contributed by atoms with E-state index >= 15 is 0 Å². The highest BCUT2D eigenvalue weighted by Crippen LogP contribution is 2.12. The highest BCUT2D eigenvalue weighted by molar-refractivity contribution is 5.64. The lowest BCUT2D eigenvalue weighted by molar-refractivity contribution is 0.0664. The van der Waals surface area contributed by atoms with Crippen LogP contribution in [0.25, 0.3) is 0 Å². The van der Waals surface area contributed by atoms with Crippen LogP contribution < -0.4 is 5.73 Å². The molecule has 0 aromatic carbocycles. The second-order valence-corrected chi connectivity index (χ2v) is 5.25. The minimum absolute atomic E-state index is 0.0206. The predicted octanol–water partition coefficient (Wildman–Crippen LogP) is 3.75. The van der Waals surface area contributed by atoms with Crippen molar-refractivity contribution < 1.29 is 14.6 Å². The lowest BCUT2D eigenvalue weighted by Gasteiger charge is -2.09. The number of hydrogen-bond donors (Lipinski definition) is 2. The summed E-state index contributed by atoms with van der Waals surface area (Å²) in [7, 11) is 0. The maximum absolute atomic E-state index is 10.3. The molecule has 4 nitrogen and oxygen atoms in total. The Balaban J connectivity index is 3.11. The Bertz CT molecular complexity index is 210. The van der Waals surface area contributed by atoms with Gasteiger partial charge in [0.2, 0.25) is 0 Å². The van der Waals surface area contributed by atoms with Crippen LogP contribution >= 0.6 is 0 Å². The number of carbonyl (C=O) groups excluding carboxylic acids is 1. The van der Waals surface area contributed by atoms with E-state index in [-0.39, 0.29) is 6.61 Å². The molecule has 1 atom stereocenters. The van der Waals surface area contributed by atoms with Gasteiger partial charge in [-0.2, -0.15) is 0 Å². The number of aliphatic hydroxyl groups is 1. The first kappa shape index (κ1) is 18.2. The van der Waals surface area contributed by atoms with Crippen LogP contribution in [0.1, 0.15) is 77.6 Å². The molecule has 0 fully saturated rings. The lowest BCUT2D eigenvalue weighted by Crippen LogP contribution is -2.21. The smallest absolute Gasteiger partial charge is 0.404 e. The van der Waals surface area contributed by atoms with Crippen molar-refractivity contribution in [3.8, 4) is 0 Å². The van der Waals surface area contributed by atoms with Crippen molar-refractivity contribution >= 4 is 6.09 Å². The average Bonchev–Trinajstić information content (AvgIpc) is 2.38. The molecule has 0 aromatic rings. The Kier molecular flexibility index (Phi) is 13.1. The molecule has 0 heterocycles. The van der Waals surface area contributed by atoms with Crippen LogP contribution in [-0.2, 0) is 4.74 Å². The van der Waals surface area contributed by atoms with Crippen molar-refractivity contribution in [2.24, 2.45) is 5.73 Å². The summed E-state index contributed by atoms with van der Waals surface area (Å²) in [6.45, 7) is 2.26. The lowest BCUT2D eigenvalue weighted by atomic mass is 10.0. The Morgan fingerprint density at radius 3 is 1.95 bits per heavy atom. The number of nitrogens with two attached hydrogens (primary N) is 1. The van der Waals surface area contributed by atoms with Gasteiger partial charge in [0.05, 0.1) is 6.10 Å². The second-order valence-electron chi connectivity index (χ2n) is 5.25. The minimum atomic E-state index is -0.817. The van der Waals surface area contributed by atoms with Gasteiger partial charge in [-0.15, -0.1) is 0 Å². The van der Waals surface area contributed by atoms with Gasteiger partial charge in [0.1, 0.15) is 6.61 Å². The molecule has 0 spiro atoms. The third kappa shape index (κ3) is 15.2. The molecule has 0 saturated heterocycles. The van der Waals surface area contributed by atoms with Gasteiger partial charge in [-0.05, 0) is 6.42 Å². The molecular weight excluding hydrogens is 242 g/mol. The summed E-state index contributed by atoms with van der Waals surface area (Å²) < 4.78 is 4.53. The number of ether oxygens (including phenoxy) is 1. The molecule has 0 rings (SSSR count). The van der Waals surface area contributed by atoms with E-state index in [1.807, 2.05) is 0 Å². The van der Waals surface area contributed by atoms with Crippen LogP contribution in [-0.4, -0.2) is 23.9 Å². The van der Waals surface area contributed by atoms with Gasteiger partial charge in [-0.3, -0.25) is 0 Å². The number of primary amides is 1. The molecule has 0 aliphatic carbocycles. The molecule has 0 aliphatic heterocycles. The van der Waals surface area contributed by atoms with Crippen molar-refractivity contribution in [3.05, 3.63) is 0 Å². The van der Waals surface area contributed by atoms with E-state index in [2.05, 4.69) is 11.7 Å². The van der Waals surface area contributed by atoms with Crippen molar-refractivity contribution in [1.29, 1.82) is 0 Å². The molecule has 0 aromatic heterocycles. The third-order valence-corrected chi connectivity index (χ3v) is 3.31. The van der Waals surface area contributed by atoms with Gasteiger partial charge in [-0.25, -0.2) is 4.79 Å². The van der Waals surface area contributed by atoms with Gasteiger partial charge >= 0.3 is 6.09 Å². The zero-order valence-electron chi connectivity index (χ0n) is 12.4. The van der Waals surface area contributed by atoms with Crippen LogP contribution in [0.15, 0.2) is 0 Å². The van der Waals surface area contributed by atoms with Crippen LogP contribution in [0, 0.1) is 0 Å². The fourth-order valence-corrected chi connectivity index (χ4v) is 2.13. The predicted molar refractivity (Wildman–Crippen MR) is 78.0 cm³/mol. The van der Waals surface area contributed by atoms with Gasteiger partial charge in [0, 0.05) is 0 Å². The Morgan fingerprint density at radius 2 is 1.47 bits per heavy atom. The first-order valence-corrected chi connectivity index (χ1v) is 7.77. The van der Waals surface area contributed by atoms with E-state index in [1.54, 1.807) is 0 Å². The summed E-state index contributed by atoms with van der Waals surface area (Å²) >= 11 is 0. The van der Waals surface area contributed by atoms with E-state index in [0.717, 1.165) is 12.8 Å². The van der Waals surface area contributed by atoms with E-state index in [4.69, 9.17) is 5.73 Å². The maximum atomic E-state index is 10.3. The molecule has 0 radical (unpaired) electrons. The van der Waals surface area contributed by atoms with Crippen molar-refractivity contribution in [3.63, 3.8) is 0 Å². The first-order valence-electron chi connectivity index (χ1n) is 7.77.